The van der Waals surface area contributed by atoms with E-state index in [9.17, 15) is 0 Å². The maximum absolute atomic E-state index is 4.23. The third-order valence-corrected chi connectivity index (χ3v) is 9.09. The number of benzene rings is 4. The average molecular weight is 623 g/mol. The van der Waals surface area contributed by atoms with E-state index in [2.05, 4.69) is 162 Å². The molecule has 4 aromatic carbocycles. The van der Waals surface area contributed by atoms with Crippen molar-refractivity contribution in [2.75, 3.05) is 0 Å². The van der Waals surface area contributed by atoms with Gasteiger partial charge in [0.25, 0.3) is 0 Å². The molecular weight excluding hydrogens is 577 g/mol. The molecular formula is C48H46. The minimum Gasteiger partial charge on any atom is -0.103 e. The molecule has 48 heavy (non-hydrogen) atoms. The summed E-state index contributed by atoms with van der Waals surface area (Å²) in [6.07, 6.45) is 26.1. The minimum absolute atomic E-state index is 0.167. The van der Waals surface area contributed by atoms with E-state index >= 15 is 0 Å². The zero-order valence-corrected chi connectivity index (χ0v) is 28.9. The van der Waals surface area contributed by atoms with E-state index in [1.807, 2.05) is 25.2 Å². The molecule has 0 aliphatic heterocycles. The van der Waals surface area contributed by atoms with E-state index in [1.165, 1.54) is 83.1 Å². The fourth-order valence-corrected chi connectivity index (χ4v) is 7.41. The van der Waals surface area contributed by atoms with Crippen LogP contribution in [0.15, 0.2) is 172 Å². The lowest BCUT2D eigenvalue weighted by atomic mass is 9.74. The highest BCUT2D eigenvalue weighted by Gasteiger charge is 2.38. The fraction of sp³-hybridized carbons (Fsp3) is 0.125. The first-order chi connectivity index (χ1) is 23.5. The Kier molecular flexibility index (Phi) is 10.9. The Balaban J connectivity index is 0.00000145. The maximum Gasteiger partial charge on any atom is 0.0136 e. The fourth-order valence-electron chi connectivity index (χ4n) is 7.41. The SMILES string of the molecule is C=C/C=C(\C=C/C)c1c2c(c(-c3ccccc3)c3ccccc13)-c1ccc(C(/C=C\C)=C/C)c3c1C2=CCC3/C(C=C)=C/C=C.C=CC. The summed E-state index contributed by atoms with van der Waals surface area (Å²) in [5.41, 5.74) is 16.6. The van der Waals surface area contributed by atoms with Gasteiger partial charge in [0.1, 0.15) is 0 Å². The molecule has 0 amide bonds. The van der Waals surface area contributed by atoms with Gasteiger partial charge in [-0.05, 0) is 117 Å². The summed E-state index contributed by atoms with van der Waals surface area (Å²) in [6.45, 7) is 23.9. The van der Waals surface area contributed by atoms with Gasteiger partial charge in [0.15, 0.2) is 0 Å². The molecule has 0 spiro atoms. The van der Waals surface area contributed by atoms with Gasteiger partial charge < -0.3 is 0 Å². The van der Waals surface area contributed by atoms with Gasteiger partial charge in [0, 0.05) is 5.92 Å². The summed E-state index contributed by atoms with van der Waals surface area (Å²) >= 11 is 0. The summed E-state index contributed by atoms with van der Waals surface area (Å²) in [5.74, 6) is 0.167. The van der Waals surface area contributed by atoms with Gasteiger partial charge >= 0.3 is 0 Å². The van der Waals surface area contributed by atoms with Gasteiger partial charge in [-0.1, -0.05) is 159 Å². The van der Waals surface area contributed by atoms with Crippen molar-refractivity contribution in [3.63, 3.8) is 0 Å². The average Bonchev–Trinajstić information content (AvgIpc) is 3.44. The predicted octanol–water partition coefficient (Wildman–Crippen LogP) is 14.0. The minimum atomic E-state index is 0.167. The molecule has 2 aliphatic carbocycles. The molecule has 0 bridgehead atoms. The first kappa shape index (κ1) is 33.9. The standard InChI is InChI=1S/C45H40.C3H6/c1-7-18-30(11-5)34-26-28-38-43-39(29-27-35(42(34)43)31(12-6)19-8-2)45-41(33-22-14-13-15-23-33)37-25-17-16-24-36(37)40(44(38)45)32(20-9-3)21-10-4;1-3-2/h7-25,27-29,34H,1,3,5,26H2,2,4,6H3;3H,1H2,2H3/b19-8-,21-10-,30-18+,31-12+,32-20+;. The van der Waals surface area contributed by atoms with Gasteiger partial charge in [0.05, 0.1) is 0 Å². The van der Waals surface area contributed by atoms with Crippen LogP contribution < -0.4 is 0 Å². The topological polar surface area (TPSA) is 0 Å². The quantitative estimate of drug-likeness (QED) is 0.113. The predicted molar refractivity (Wildman–Crippen MR) is 215 cm³/mol. The van der Waals surface area contributed by atoms with Crippen LogP contribution in [0.25, 0.3) is 49.7 Å². The summed E-state index contributed by atoms with van der Waals surface area (Å²) in [7, 11) is 0. The first-order valence-corrected chi connectivity index (χ1v) is 16.8. The number of fused-ring (bicyclic) bond motifs is 4. The van der Waals surface area contributed by atoms with Crippen LogP contribution in [0, 0.1) is 0 Å². The van der Waals surface area contributed by atoms with E-state index in [0.29, 0.717) is 0 Å². The lowest BCUT2D eigenvalue weighted by Gasteiger charge is -2.29. The van der Waals surface area contributed by atoms with Crippen molar-refractivity contribution in [1.82, 2.24) is 0 Å². The van der Waals surface area contributed by atoms with E-state index in [0.717, 1.165) is 6.42 Å². The maximum atomic E-state index is 4.23. The van der Waals surface area contributed by atoms with Crippen LogP contribution >= 0.6 is 0 Å². The van der Waals surface area contributed by atoms with Gasteiger partial charge in [-0.3, -0.25) is 0 Å². The Morgan fingerprint density at radius 1 is 0.667 bits per heavy atom. The highest BCUT2D eigenvalue weighted by Crippen LogP contribution is 2.59. The molecule has 4 aromatic rings. The smallest absolute Gasteiger partial charge is 0.0136 e. The van der Waals surface area contributed by atoms with Gasteiger partial charge in [-0.2, -0.15) is 0 Å². The molecule has 0 nitrogen and oxygen atoms in total. The molecule has 2 aliphatic rings. The molecule has 0 heterocycles. The molecule has 0 saturated carbocycles. The van der Waals surface area contributed by atoms with Crippen molar-refractivity contribution in [1.29, 1.82) is 0 Å². The van der Waals surface area contributed by atoms with E-state index < -0.39 is 0 Å². The molecule has 1 atom stereocenters. The molecule has 0 saturated heterocycles. The second-order valence-corrected chi connectivity index (χ2v) is 11.9. The highest BCUT2D eigenvalue weighted by molar-refractivity contribution is 6.20. The first-order valence-electron chi connectivity index (χ1n) is 16.8. The molecule has 6 rings (SSSR count). The van der Waals surface area contributed by atoms with Crippen molar-refractivity contribution in [2.45, 2.75) is 40.0 Å². The Labute approximate surface area is 288 Å². The Hall–Kier alpha value is -5.46. The van der Waals surface area contributed by atoms with Crippen molar-refractivity contribution in [3.05, 3.63) is 199 Å². The highest BCUT2D eigenvalue weighted by atomic mass is 14.4. The second-order valence-electron chi connectivity index (χ2n) is 11.9. The van der Waals surface area contributed by atoms with Crippen LogP contribution in [-0.4, -0.2) is 0 Å². The number of rotatable bonds is 9. The summed E-state index contributed by atoms with van der Waals surface area (Å²) in [5, 5.41) is 2.51. The van der Waals surface area contributed by atoms with Crippen LogP contribution in [0.3, 0.4) is 0 Å². The summed E-state index contributed by atoms with van der Waals surface area (Å²) < 4.78 is 0. The number of hydrogen-bond donors (Lipinski definition) is 0. The molecule has 0 aromatic heterocycles. The van der Waals surface area contributed by atoms with Crippen LogP contribution in [0.2, 0.25) is 0 Å². The monoisotopic (exact) mass is 622 g/mol. The van der Waals surface area contributed by atoms with Crippen molar-refractivity contribution >= 4 is 27.5 Å². The second kappa shape index (κ2) is 15.4. The Morgan fingerprint density at radius 3 is 1.94 bits per heavy atom. The molecule has 0 heteroatoms. The lowest BCUT2D eigenvalue weighted by Crippen LogP contribution is -2.11. The molecule has 0 radical (unpaired) electrons. The van der Waals surface area contributed by atoms with Crippen LogP contribution in [-0.2, 0) is 0 Å². The Bertz CT molecular complexity index is 2080. The zero-order valence-electron chi connectivity index (χ0n) is 28.9. The van der Waals surface area contributed by atoms with E-state index in [1.54, 1.807) is 6.08 Å². The number of hydrogen-bond acceptors (Lipinski definition) is 0. The Morgan fingerprint density at radius 2 is 1.31 bits per heavy atom. The molecule has 238 valence electrons. The zero-order chi connectivity index (χ0) is 34.2. The third kappa shape index (κ3) is 5.91. The summed E-state index contributed by atoms with van der Waals surface area (Å²) in [6, 6.07) is 24.5. The van der Waals surface area contributed by atoms with Crippen LogP contribution in [0.1, 0.15) is 67.9 Å². The van der Waals surface area contributed by atoms with Gasteiger partial charge in [-0.15, -0.1) is 6.58 Å². The van der Waals surface area contributed by atoms with E-state index in [4.69, 9.17) is 0 Å². The van der Waals surface area contributed by atoms with Gasteiger partial charge in [-0.25, -0.2) is 0 Å². The summed E-state index contributed by atoms with van der Waals surface area (Å²) in [4.78, 5) is 0. The van der Waals surface area contributed by atoms with E-state index in [-0.39, 0.29) is 5.92 Å². The molecule has 0 N–H and O–H groups in total. The van der Waals surface area contributed by atoms with Crippen molar-refractivity contribution in [3.8, 4) is 22.3 Å². The third-order valence-electron chi connectivity index (χ3n) is 9.09. The van der Waals surface area contributed by atoms with Gasteiger partial charge in [0.2, 0.25) is 0 Å². The normalized spacial score (nSPS) is 15.5. The largest absolute Gasteiger partial charge is 0.103 e. The molecule has 1 unspecified atom stereocenters. The number of allylic oxidation sites excluding steroid dienone is 15. The van der Waals surface area contributed by atoms with Crippen LogP contribution in [0.4, 0.5) is 0 Å². The van der Waals surface area contributed by atoms with Crippen molar-refractivity contribution in [2.24, 2.45) is 0 Å². The van der Waals surface area contributed by atoms with Crippen LogP contribution in [0.5, 0.6) is 0 Å². The van der Waals surface area contributed by atoms with Crippen molar-refractivity contribution < 1.29 is 0 Å². The lowest BCUT2D eigenvalue weighted by molar-refractivity contribution is 0.814. The molecule has 0 fully saturated rings.